The van der Waals surface area contributed by atoms with E-state index >= 15 is 0 Å². The number of fused-ring (bicyclic) bond motifs is 1. The number of carbonyl (C=O) groups excluding carboxylic acids is 1. The standard InChI is InChI=1S/C20H22N2O4/c1-13-10-16(23)12-20(25)22(13)9-8-19(24)21(3)14(2)18-11-15-6-4-5-7-17(15)26-18/h4-7,10-12,14,23H,8-9H2,1-3H3/t14-/m0/s1. The molecule has 2 aromatic heterocycles. The van der Waals surface area contributed by atoms with Crippen molar-refractivity contribution in [1.82, 2.24) is 9.47 Å². The summed E-state index contributed by atoms with van der Waals surface area (Å²) in [4.78, 5) is 26.1. The summed E-state index contributed by atoms with van der Waals surface area (Å²) >= 11 is 0. The summed E-state index contributed by atoms with van der Waals surface area (Å²) in [6.45, 7) is 3.90. The molecular formula is C20H22N2O4. The summed E-state index contributed by atoms with van der Waals surface area (Å²) in [5.74, 6) is 0.572. The predicted molar refractivity (Wildman–Crippen MR) is 99.1 cm³/mol. The van der Waals surface area contributed by atoms with Crippen molar-refractivity contribution in [2.45, 2.75) is 32.9 Å². The SMILES string of the molecule is Cc1cc(O)cc(=O)n1CCC(=O)N(C)[C@@H](C)c1cc2ccccc2o1. The molecule has 2 heterocycles. The number of rotatable bonds is 5. The monoisotopic (exact) mass is 354 g/mol. The first-order valence-electron chi connectivity index (χ1n) is 8.51. The van der Waals surface area contributed by atoms with Gasteiger partial charge in [0.1, 0.15) is 17.1 Å². The molecule has 0 aliphatic rings. The zero-order valence-electron chi connectivity index (χ0n) is 15.1. The molecule has 0 aliphatic heterocycles. The molecule has 6 heteroatoms. The molecule has 3 rings (SSSR count). The number of para-hydroxylation sites is 1. The molecule has 0 saturated carbocycles. The summed E-state index contributed by atoms with van der Waals surface area (Å²) < 4.78 is 7.32. The average molecular weight is 354 g/mol. The van der Waals surface area contributed by atoms with Crippen LogP contribution in [-0.4, -0.2) is 27.5 Å². The van der Waals surface area contributed by atoms with Crippen LogP contribution in [0, 0.1) is 6.92 Å². The van der Waals surface area contributed by atoms with Crippen LogP contribution in [0.2, 0.25) is 0 Å². The Morgan fingerprint density at radius 3 is 2.69 bits per heavy atom. The second kappa shape index (κ2) is 7.07. The van der Waals surface area contributed by atoms with Gasteiger partial charge < -0.3 is 19.0 Å². The third kappa shape index (κ3) is 3.49. The number of amides is 1. The number of aryl methyl sites for hydroxylation is 1. The zero-order valence-corrected chi connectivity index (χ0v) is 15.1. The van der Waals surface area contributed by atoms with Crippen molar-refractivity contribution >= 4 is 16.9 Å². The summed E-state index contributed by atoms with van der Waals surface area (Å²) in [6.07, 6.45) is 0.187. The van der Waals surface area contributed by atoms with Gasteiger partial charge in [-0.1, -0.05) is 18.2 Å². The van der Waals surface area contributed by atoms with Gasteiger partial charge in [0.2, 0.25) is 5.91 Å². The van der Waals surface area contributed by atoms with E-state index in [0.717, 1.165) is 22.8 Å². The molecule has 0 fully saturated rings. The van der Waals surface area contributed by atoms with E-state index in [9.17, 15) is 14.7 Å². The van der Waals surface area contributed by atoms with Crippen LogP contribution in [-0.2, 0) is 11.3 Å². The Bertz CT molecular complexity index is 969. The lowest BCUT2D eigenvalue weighted by molar-refractivity contribution is -0.132. The molecule has 1 atom stereocenters. The molecule has 0 saturated heterocycles. The highest BCUT2D eigenvalue weighted by Gasteiger charge is 2.21. The van der Waals surface area contributed by atoms with E-state index in [0.29, 0.717) is 5.69 Å². The highest BCUT2D eigenvalue weighted by molar-refractivity contribution is 5.79. The lowest BCUT2D eigenvalue weighted by Crippen LogP contribution is -2.31. The fourth-order valence-corrected chi connectivity index (χ4v) is 3.00. The quantitative estimate of drug-likeness (QED) is 0.763. The molecule has 1 amide bonds. The number of hydrogen-bond acceptors (Lipinski definition) is 4. The minimum Gasteiger partial charge on any atom is -0.508 e. The van der Waals surface area contributed by atoms with Crippen molar-refractivity contribution in [3.8, 4) is 5.75 Å². The first-order valence-corrected chi connectivity index (χ1v) is 8.51. The summed E-state index contributed by atoms with van der Waals surface area (Å²) in [6, 6.07) is 12.1. The van der Waals surface area contributed by atoms with Crippen LogP contribution in [0.5, 0.6) is 5.75 Å². The maximum absolute atomic E-state index is 12.6. The van der Waals surface area contributed by atoms with Gasteiger partial charge in [0, 0.05) is 37.2 Å². The first kappa shape index (κ1) is 17.8. The highest BCUT2D eigenvalue weighted by Crippen LogP contribution is 2.27. The Morgan fingerprint density at radius 1 is 1.27 bits per heavy atom. The minimum absolute atomic E-state index is 0.0642. The zero-order chi connectivity index (χ0) is 18.8. The Hall–Kier alpha value is -3.02. The van der Waals surface area contributed by atoms with Gasteiger partial charge >= 0.3 is 0 Å². The fraction of sp³-hybridized carbons (Fsp3) is 0.300. The number of nitrogens with zero attached hydrogens (tertiary/aromatic N) is 2. The number of carbonyl (C=O) groups is 1. The number of benzene rings is 1. The molecule has 0 radical (unpaired) electrons. The normalized spacial score (nSPS) is 12.3. The van der Waals surface area contributed by atoms with Crippen LogP contribution in [0.25, 0.3) is 11.0 Å². The van der Waals surface area contributed by atoms with Gasteiger partial charge in [-0.25, -0.2) is 0 Å². The molecule has 0 unspecified atom stereocenters. The molecule has 6 nitrogen and oxygen atoms in total. The van der Waals surface area contributed by atoms with Crippen LogP contribution >= 0.6 is 0 Å². The predicted octanol–water partition coefficient (Wildman–Crippen LogP) is 3.22. The summed E-state index contributed by atoms with van der Waals surface area (Å²) in [5, 5.41) is 10.4. The maximum Gasteiger partial charge on any atom is 0.254 e. The third-order valence-electron chi connectivity index (χ3n) is 4.70. The van der Waals surface area contributed by atoms with Crippen molar-refractivity contribution in [1.29, 1.82) is 0 Å². The average Bonchev–Trinajstić information content (AvgIpc) is 3.03. The van der Waals surface area contributed by atoms with E-state index in [1.54, 1.807) is 18.9 Å². The van der Waals surface area contributed by atoms with Gasteiger partial charge in [0.25, 0.3) is 5.56 Å². The van der Waals surface area contributed by atoms with Crippen molar-refractivity contribution in [2.75, 3.05) is 7.05 Å². The van der Waals surface area contributed by atoms with E-state index < -0.39 is 0 Å². The van der Waals surface area contributed by atoms with E-state index in [4.69, 9.17) is 4.42 Å². The number of hydrogen-bond donors (Lipinski definition) is 1. The molecule has 3 aromatic rings. The van der Waals surface area contributed by atoms with Gasteiger partial charge in [-0.15, -0.1) is 0 Å². The molecule has 1 aromatic carbocycles. The van der Waals surface area contributed by atoms with Gasteiger partial charge in [-0.2, -0.15) is 0 Å². The van der Waals surface area contributed by atoms with Gasteiger partial charge in [-0.3, -0.25) is 9.59 Å². The molecular weight excluding hydrogens is 332 g/mol. The van der Waals surface area contributed by atoms with Crippen LogP contribution < -0.4 is 5.56 Å². The lowest BCUT2D eigenvalue weighted by Gasteiger charge is -2.23. The number of aromatic hydroxyl groups is 1. The Balaban J connectivity index is 1.70. The topological polar surface area (TPSA) is 75.7 Å². The summed E-state index contributed by atoms with van der Waals surface area (Å²) in [7, 11) is 1.73. The van der Waals surface area contributed by atoms with E-state index in [-0.39, 0.29) is 36.2 Å². The first-order chi connectivity index (χ1) is 12.4. The minimum atomic E-state index is -0.316. The number of pyridine rings is 1. The third-order valence-corrected chi connectivity index (χ3v) is 4.70. The summed E-state index contributed by atoms with van der Waals surface area (Å²) in [5.41, 5.74) is 1.10. The molecule has 26 heavy (non-hydrogen) atoms. The Kier molecular flexibility index (Phi) is 4.84. The Morgan fingerprint density at radius 2 is 2.00 bits per heavy atom. The maximum atomic E-state index is 12.6. The number of furan rings is 1. The van der Waals surface area contributed by atoms with Crippen molar-refractivity contribution in [2.24, 2.45) is 0 Å². The smallest absolute Gasteiger partial charge is 0.254 e. The van der Waals surface area contributed by atoms with E-state index in [1.165, 1.54) is 10.6 Å². The van der Waals surface area contributed by atoms with Crippen LogP contribution in [0.15, 0.2) is 51.7 Å². The molecule has 0 aliphatic carbocycles. The second-order valence-corrected chi connectivity index (χ2v) is 6.46. The van der Waals surface area contributed by atoms with E-state index in [2.05, 4.69) is 0 Å². The van der Waals surface area contributed by atoms with E-state index in [1.807, 2.05) is 37.3 Å². The molecule has 0 bridgehead atoms. The van der Waals surface area contributed by atoms with Crippen LogP contribution in [0.3, 0.4) is 0 Å². The largest absolute Gasteiger partial charge is 0.508 e. The van der Waals surface area contributed by atoms with Crippen LogP contribution in [0.4, 0.5) is 0 Å². The molecule has 136 valence electrons. The lowest BCUT2D eigenvalue weighted by atomic mass is 10.2. The van der Waals surface area contributed by atoms with Crippen molar-refractivity contribution in [3.05, 3.63) is 64.3 Å². The molecule has 1 N–H and O–H groups in total. The van der Waals surface area contributed by atoms with Gasteiger partial charge in [-0.05, 0) is 32.0 Å². The fourth-order valence-electron chi connectivity index (χ4n) is 3.00. The van der Waals surface area contributed by atoms with Crippen molar-refractivity contribution in [3.63, 3.8) is 0 Å². The number of aromatic nitrogens is 1. The van der Waals surface area contributed by atoms with Crippen molar-refractivity contribution < 1.29 is 14.3 Å². The van der Waals surface area contributed by atoms with Gasteiger partial charge in [0.15, 0.2) is 0 Å². The van der Waals surface area contributed by atoms with Gasteiger partial charge in [0.05, 0.1) is 6.04 Å². The molecule has 0 spiro atoms. The van der Waals surface area contributed by atoms with Crippen LogP contribution in [0.1, 0.15) is 30.8 Å². The second-order valence-electron chi connectivity index (χ2n) is 6.46. The Labute approximate surface area is 151 Å². The highest BCUT2D eigenvalue weighted by atomic mass is 16.3.